The van der Waals surface area contributed by atoms with E-state index in [4.69, 9.17) is 0 Å². The molecule has 0 aliphatic heterocycles. The molecule has 0 aliphatic rings. The van der Waals surface area contributed by atoms with Gasteiger partial charge in [-0.25, -0.2) is 4.79 Å². The van der Waals surface area contributed by atoms with Crippen LogP contribution >= 0.6 is 11.3 Å². The van der Waals surface area contributed by atoms with Crippen LogP contribution in [0.25, 0.3) is 10.2 Å². The van der Waals surface area contributed by atoms with Gasteiger partial charge in [-0.05, 0) is 42.1 Å². The second-order valence-electron chi connectivity index (χ2n) is 6.44. The van der Waals surface area contributed by atoms with Crippen molar-refractivity contribution in [2.45, 2.75) is 39.0 Å². The maximum absolute atomic E-state index is 12.8. The SMILES string of the molecule is CCCCn1c(=O)c2sccc2n(CC(=O)Nc2ccc(C(F)(F)F)cc2)c1=O. The summed E-state index contributed by atoms with van der Waals surface area (Å²) in [6, 6.07) is 5.61. The van der Waals surface area contributed by atoms with Crippen LogP contribution in [-0.2, 0) is 24.1 Å². The number of thiophene rings is 1. The number of fused-ring (bicyclic) bond motifs is 1. The number of halogens is 3. The van der Waals surface area contributed by atoms with Crippen molar-refractivity contribution in [3.8, 4) is 0 Å². The molecule has 0 atom stereocenters. The van der Waals surface area contributed by atoms with E-state index in [1.807, 2.05) is 6.92 Å². The fraction of sp³-hybridized carbons (Fsp3) is 0.316. The average molecular weight is 425 g/mol. The predicted molar refractivity (Wildman–Crippen MR) is 105 cm³/mol. The minimum atomic E-state index is -4.47. The van der Waals surface area contributed by atoms with Crippen molar-refractivity contribution in [3.05, 3.63) is 62.1 Å². The van der Waals surface area contributed by atoms with E-state index in [1.165, 1.54) is 15.9 Å². The smallest absolute Gasteiger partial charge is 0.325 e. The van der Waals surface area contributed by atoms with Crippen molar-refractivity contribution in [2.24, 2.45) is 0 Å². The Hall–Kier alpha value is -2.88. The van der Waals surface area contributed by atoms with E-state index in [0.717, 1.165) is 35.3 Å². The molecule has 0 fully saturated rings. The molecule has 154 valence electrons. The molecule has 3 aromatic rings. The zero-order chi connectivity index (χ0) is 21.2. The van der Waals surface area contributed by atoms with Gasteiger partial charge in [0.05, 0.1) is 11.1 Å². The topological polar surface area (TPSA) is 73.1 Å². The molecule has 0 aliphatic carbocycles. The first-order valence-electron chi connectivity index (χ1n) is 8.90. The fourth-order valence-corrected chi connectivity index (χ4v) is 3.73. The van der Waals surface area contributed by atoms with Crippen LogP contribution in [0.15, 0.2) is 45.3 Å². The molecule has 6 nitrogen and oxygen atoms in total. The van der Waals surface area contributed by atoms with E-state index in [9.17, 15) is 27.6 Å². The number of carbonyl (C=O) groups is 1. The van der Waals surface area contributed by atoms with E-state index in [1.54, 1.807) is 11.4 Å². The van der Waals surface area contributed by atoms with Gasteiger partial charge in [0.1, 0.15) is 11.2 Å². The van der Waals surface area contributed by atoms with Gasteiger partial charge in [0, 0.05) is 12.2 Å². The van der Waals surface area contributed by atoms with Crippen LogP contribution in [-0.4, -0.2) is 15.0 Å². The Morgan fingerprint density at radius 1 is 1.10 bits per heavy atom. The molecule has 0 unspecified atom stereocenters. The number of hydrogen-bond acceptors (Lipinski definition) is 4. The number of anilines is 1. The molecule has 1 N–H and O–H groups in total. The van der Waals surface area contributed by atoms with Gasteiger partial charge in [-0.1, -0.05) is 13.3 Å². The van der Waals surface area contributed by atoms with E-state index in [2.05, 4.69) is 5.32 Å². The van der Waals surface area contributed by atoms with Crippen LogP contribution in [0, 0.1) is 0 Å². The van der Waals surface area contributed by atoms with Gasteiger partial charge >= 0.3 is 11.9 Å². The van der Waals surface area contributed by atoms with E-state index in [0.29, 0.717) is 16.6 Å². The normalized spacial score (nSPS) is 11.7. The first-order chi connectivity index (χ1) is 13.7. The molecular weight excluding hydrogens is 407 g/mol. The molecule has 0 spiro atoms. The third-order valence-electron chi connectivity index (χ3n) is 4.37. The molecule has 2 heterocycles. The highest BCUT2D eigenvalue weighted by atomic mass is 32.1. The Balaban J connectivity index is 1.87. The summed E-state index contributed by atoms with van der Waals surface area (Å²) < 4.78 is 40.6. The number of nitrogens with zero attached hydrogens (tertiary/aromatic N) is 2. The summed E-state index contributed by atoms with van der Waals surface area (Å²) in [5.74, 6) is -0.583. The van der Waals surface area contributed by atoms with Crippen LogP contribution in [0.3, 0.4) is 0 Å². The van der Waals surface area contributed by atoms with Crippen molar-refractivity contribution in [3.63, 3.8) is 0 Å². The molecular formula is C19H18F3N3O3S. The molecule has 0 bridgehead atoms. The van der Waals surface area contributed by atoms with Crippen LogP contribution in [0.2, 0.25) is 0 Å². The third-order valence-corrected chi connectivity index (χ3v) is 5.26. The quantitative estimate of drug-likeness (QED) is 0.655. The molecule has 3 rings (SSSR count). The summed E-state index contributed by atoms with van der Waals surface area (Å²) in [6.07, 6.45) is -3.03. The van der Waals surface area contributed by atoms with Crippen molar-refractivity contribution in [2.75, 3.05) is 5.32 Å². The Morgan fingerprint density at radius 3 is 2.41 bits per heavy atom. The molecule has 1 aromatic carbocycles. The second-order valence-corrected chi connectivity index (χ2v) is 7.35. The summed E-state index contributed by atoms with van der Waals surface area (Å²) >= 11 is 1.19. The summed E-state index contributed by atoms with van der Waals surface area (Å²) in [7, 11) is 0. The number of rotatable bonds is 6. The van der Waals surface area contributed by atoms with Crippen molar-refractivity contribution in [1.82, 2.24) is 9.13 Å². The minimum absolute atomic E-state index is 0.178. The zero-order valence-electron chi connectivity index (χ0n) is 15.5. The Kier molecular flexibility index (Phi) is 5.92. The highest BCUT2D eigenvalue weighted by molar-refractivity contribution is 7.17. The largest absolute Gasteiger partial charge is 0.416 e. The van der Waals surface area contributed by atoms with Crippen LogP contribution in [0.1, 0.15) is 25.3 Å². The molecule has 0 saturated carbocycles. The number of nitrogens with one attached hydrogen (secondary N) is 1. The highest BCUT2D eigenvalue weighted by Crippen LogP contribution is 2.29. The molecule has 0 radical (unpaired) electrons. The summed E-state index contributed by atoms with van der Waals surface area (Å²) in [4.78, 5) is 37.7. The maximum Gasteiger partial charge on any atom is 0.416 e. The third kappa shape index (κ3) is 4.42. The Morgan fingerprint density at radius 2 is 1.79 bits per heavy atom. The molecule has 1 amide bonds. The number of hydrogen-bond donors (Lipinski definition) is 1. The van der Waals surface area contributed by atoms with E-state index < -0.39 is 23.3 Å². The van der Waals surface area contributed by atoms with Gasteiger partial charge in [-0.2, -0.15) is 13.2 Å². The number of amides is 1. The molecule has 29 heavy (non-hydrogen) atoms. The lowest BCUT2D eigenvalue weighted by Gasteiger charge is -2.12. The number of alkyl halides is 3. The molecule has 2 aromatic heterocycles. The van der Waals surface area contributed by atoms with Crippen LogP contribution in [0.4, 0.5) is 18.9 Å². The molecule has 0 saturated heterocycles. The Labute approximate surface area is 167 Å². The van der Waals surface area contributed by atoms with Gasteiger partial charge in [-0.15, -0.1) is 11.3 Å². The standard InChI is InChI=1S/C19H18F3N3O3S/c1-2-3-9-24-17(27)16-14(8-10-29-16)25(18(24)28)11-15(26)23-13-6-4-12(5-7-13)19(20,21)22/h4-8,10H,2-3,9,11H2,1H3,(H,23,26). The summed E-state index contributed by atoms with van der Waals surface area (Å²) in [5.41, 5.74) is -1.25. The van der Waals surface area contributed by atoms with E-state index >= 15 is 0 Å². The fourth-order valence-electron chi connectivity index (χ4n) is 2.89. The van der Waals surface area contributed by atoms with Gasteiger partial charge in [0.15, 0.2) is 0 Å². The average Bonchev–Trinajstić information content (AvgIpc) is 3.15. The van der Waals surface area contributed by atoms with Gasteiger partial charge in [0.25, 0.3) is 5.56 Å². The zero-order valence-corrected chi connectivity index (χ0v) is 16.3. The summed E-state index contributed by atoms with van der Waals surface area (Å²) in [5, 5.41) is 4.15. The van der Waals surface area contributed by atoms with Gasteiger partial charge < -0.3 is 5.32 Å². The minimum Gasteiger partial charge on any atom is -0.325 e. The monoisotopic (exact) mass is 425 g/mol. The van der Waals surface area contributed by atoms with Crippen molar-refractivity contribution >= 4 is 33.1 Å². The molecule has 10 heteroatoms. The lowest BCUT2D eigenvalue weighted by molar-refractivity contribution is -0.137. The maximum atomic E-state index is 12.8. The van der Waals surface area contributed by atoms with Crippen molar-refractivity contribution in [1.29, 1.82) is 0 Å². The first kappa shape index (κ1) is 20.8. The lowest BCUT2D eigenvalue weighted by atomic mass is 10.2. The van der Waals surface area contributed by atoms with Crippen LogP contribution < -0.4 is 16.6 Å². The van der Waals surface area contributed by atoms with Crippen LogP contribution in [0.5, 0.6) is 0 Å². The number of aromatic nitrogens is 2. The predicted octanol–water partition coefficient (Wildman–Crippen LogP) is 3.68. The Bertz CT molecular complexity index is 1140. The second kappa shape index (κ2) is 8.24. The summed E-state index contributed by atoms with van der Waals surface area (Å²) in [6.45, 7) is 1.83. The lowest BCUT2D eigenvalue weighted by Crippen LogP contribution is -2.41. The highest BCUT2D eigenvalue weighted by Gasteiger charge is 2.30. The van der Waals surface area contributed by atoms with Gasteiger partial charge in [0.2, 0.25) is 5.91 Å². The first-order valence-corrected chi connectivity index (χ1v) is 9.78. The van der Waals surface area contributed by atoms with Crippen molar-refractivity contribution < 1.29 is 18.0 Å². The van der Waals surface area contributed by atoms with Gasteiger partial charge in [-0.3, -0.25) is 18.7 Å². The number of carbonyl (C=O) groups excluding carboxylic acids is 1. The van der Waals surface area contributed by atoms with E-state index in [-0.39, 0.29) is 24.3 Å². The number of benzene rings is 1. The number of unbranched alkanes of at least 4 members (excludes halogenated alkanes) is 1.